The highest BCUT2D eigenvalue weighted by molar-refractivity contribution is 5.68. The van der Waals surface area contributed by atoms with Gasteiger partial charge in [0.25, 0.3) is 0 Å². The fraction of sp³-hybridized carbons (Fsp3) is 0.944. The normalized spacial score (nSPS) is 25.8. The van der Waals surface area contributed by atoms with E-state index < -0.39 is 5.60 Å². The van der Waals surface area contributed by atoms with E-state index >= 15 is 0 Å². The molecule has 22 heavy (non-hydrogen) atoms. The second-order valence-corrected chi connectivity index (χ2v) is 8.10. The molecule has 0 aromatic carbocycles. The molecule has 0 radical (unpaired) electrons. The van der Waals surface area contributed by atoms with E-state index in [-0.39, 0.29) is 6.09 Å². The highest BCUT2D eigenvalue weighted by Crippen LogP contribution is 2.28. The molecule has 128 valence electrons. The van der Waals surface area contributed by atoms with Crippen molar-refractivity contribution in [2.45, 2.75) is 90.3 Å². The summed E-state index contributed by atoms with van der Waals surface area (Å²) in [5, 5.41) is 3.83. The SMILES string of the molecule is C[C@H](NC1CCCN(C(=O)OC(C)(C)C)CC1)C1CCCC1. The monoisotopic (exact) mass is 310 g/mol. The number of carbonyl (C=O) groups is 1. The molecule has 1 aliphatic carbocycles. The number of nitrogens with zero attached hydrogens (tertiary/aromatic N) is 1. The van der Waals surface area contributed by atoms with Crippen LogP contribution in [0, 0.1) is 5.92 Å². The largest absolute Gasteiger partial charge is 0.444 e. The van der Waals surface area contributed by atoms with Crippen LogP contribution in [0.25, 0.3) is 0 Å². The average Bonchev–Trinajstić information content (AvgIpc) is 2.84. The van der Waals surface area contributed by atoms with E-state index in [0.717, 1.165) is 38.3 Å². The number of carbonyl (C=O) groups excluding carboxylic acids is 1. The topological polar surface area (TPSA) is 41.6 Å². The Labute approximate surface area is 136 Å². The molecule has 2 rings (SSSR count). The minimum Gasteiger partial charge on any atom is -0.444 e. The number of hydrogen-bond donors (Lipinski definition) is 1. The van der Waals surface area contributed by atoms with Gasteiger partial charge in [-0.3, -0.25) is 0 Å². The molecule has 1 N–H and O–H groups in total. The van der Waals surface area contributed by atoms with Crippen molar-refractivity contribution in [3.8, 4) is 0 Å². The predicted molar refractivity (Wildman–Crippen MR) is 90.0 cm³/mol. The van der Waals surface area contributed by atoms with Gasteiger partial charge in [0.2, 0.25) is 0 Å². The van der Waals surface area contributed by atoms with E-state index in [9.17, 15) is 4.79 Å². The molecule has 2 aliphatic rings. The molecule has 2 atom stereocenters. The molecular formula is C18H34N2O2. The van der Waals surface area contributed by atoms with Crippen LogP contribution < -0.4 is 5.32 Å². The Morgan fingerprint density at radius 1 is 1.09 bits per heavy atom. The van der Waals surface area contributed by atoms with Crippen LogP contribution in [0.1, 0.15) is 72.6 Å². The van der Waals surface area contributed by atoms with E-state index in [1.54, 1.807) is 0 Å². The molecular weight excluding hydrogens is 276 g/mol. The average molecular weight is 310 g/mol. The molecule has 1 saturated heterocycles. The first kappa shape index (κ1) is 17.6. The first-order chi connectivity index (χ1) is 10.3. The zero-order chi connectivity index (χ0) is 16.2. The summed E-state index contributed by atoms with van der Waals surface area (Å²) in [6.07, 6.45) is 8.66. The predicted octanol–water partition coefficient (Wildman–Crippen LogP) is 3.94. The maximum absolute atomic E-state index is 12.2. The minimum atomic E-state index is -0.405. The first-order valence-electron chi connectivity index (χ1n) is 9.09. The maximum Gasteiger partial charge on any atom is 0.410 e. The Hall–Kier alpha value is -0.770. The fourth-order valence-electron chi connectivity index (χ4n) is 3.74. The van der Waals surface area contributed by atoms with Gasteiger partial charge in [-0.15, -0.1) is 0 Å². The Morgan fingerprint density at radius 3 is 2.41 bits per heavy atom. The third kappa shape index (κ3) is 5.45. The van der Waals surface area contributed by atoms with Crippen LogP contribution in [0.4, 0.5) is 4.79 Å². The third-order valence-electron chi connectivity index (χ3n) is 4.99. The Bertz CT molecular complexity index is 359. The van der Waals surface area contributed by atoms with Gasteiger partial charge in [0.15, 0.2) is 0 Å². The highest BCUT2D eigenvalue weighted by atomic mass is 16.6. The van der Waals surface area contributed by atoms with Crippen LogP contribution in [-0.4, -0.2) is 41.8 Å². The van der Waals surface area contributed by atoms with Gasteiger partial charge >= 0.3 is 6.09 Å². The standard InChI is InChI=1S/C18H34N2O2/c1-14(15-8-5-6-9-15)19-16-10-7-12-20(13-11-16)17(21)22-18(2,3)4/h14-16,19H,5-13H2,1-4H3/t14-,16?/m0/s1. The van der Waals surface area contributed by atoms with Gasteiger partial charge < -0.3 is 15.0 Å². The lowest BCUT2D eigenvalue weighted by Crippen LogP contribution is -2.41. The summed E-state index contributed by atoms with van der Waals surface area (Å²) in [6.45, 7) is 9.75. The van der Waals surface area contributed by atoms with Crippen molar-refractivity contribution in [1.29, 1.82) is 0 Å². The fourth-order valence-corrected chi connectivity index (χ4v) is 3.74. The number of nitrogens with one attached hydrogen (secondary N) is 1. The van der Waals surface area contributed by atoms with Gasteiger partial charge in [-0.05, 0) is 65.7 Å². The summed E-state index contributed by atoms with van der Waals surface area (Å²) in [5.41, 5.74) is -0.405. The summed E-state index contributed by atoms with van der Waals surface area (Å²) in [6, 6.07) is 1.16. The van der Waals surface area contributed by atoms with E-state index in [2.05, 4.69) is 12.2 Å². The molecule has 1 aliphatic heterocycles. The molecule has 1 amide bonds. The highest BCUT2D eigenvalue weighted by Gasteiger charge is 2.27. The molecule has 4 heteroatoms. The van der Waals surface area contributed by atoms with E-state index in [1.807, 2.05) is 25.7 Å². The molecule has 0 aromatic heterocycles. The van der Waals surface area contributed by atoms with Crippen molar-refractivity contribution < 1.29 is 9.53 Å². The van der Waals surface area contributed by atoms with E-state index in [1.165, 1.54) is 25.7 Å². The molecule has 1 saturated carbocycles. The second kappa shape index (κ2) is 7.67. The van der Waals surface area contributed by atoms with Crippen molar-refractivity contribution in [3.63, 3.8) is 0 Å². The molecule has 2 fully saturated rings. The molecule has 1 heterocycles. The minimum absolute atomic E-state index is 0.156. The molecule has 1 unspecified atom stereocenters. The lowest BCUT2D eigenvalue weighted by Gasteiger charge is -2.27. The smallest absolute Gasteiger partial charge is 0.410 e. The number of amides is 1. The summed E-state index contributed by atoms with van der Waals surface area (Å²) in [4.78, 5) is 14.1. The second-order valence-electron chi connectivity index (χ2n) is 8.10. The lowest BCUT2D eigenvalue weighted by molar-refractivity contribution is 0.0256. The number of likely N-dealkylation sites (tertiary alicyclic amines) is 1. The van der Waals surface area contributed by atoms with Crippen LogP contribution in [0.15, 0.2) is 0 Å². The van der Waals surface area contributed by atoms with Gasteiger partial charge in [-0.25, -0.2) is 4.79 Å². The molecule has 0 spiro atoms. The summed E-state index contributed by atoms with van der Waals surface area (Å²) in [5.74, 6) is 0.852. The summed E-state index contributed by atoms with van der Waals surface area (Å²) in [7, 11) is 0. The third-order valence-corrected chi connectivity index (χ3v) is 4.99. The molecule has 4 nitrogen and oxygen atoms in total. The van der Waals surface area contributed by atoms with E-state index in [4.69, 9.17) is 4.74 Å². The summed E-state index contributed by atoms with van der Waals surface area (Å²) < 4.78 is 5.50. The van der Waals surface area contributed by atoms with Gasteiger partial charge in [0.1, 0.15) is 5.60 Å². The Morgan fingerprint density at radius 2 is 1.77 bits per heavy atom. The van der Waals surface area contributed by atoms with E-state index in [0.29, 0.717) is 12.1 Å². The van der Waals surface area contributed by atoms with Crippen LogP contribution in [-0.2, 0) is 4.74 Å². The van der Waals surface area contributed by atoms with Gasteiger partial charge in [-0.1, -0.05) is 12.8 Å². The molecule has 0 bridgehead atoms. The number of hydrogen-bond acceptors (Lipinski definition) is 3. The Balaban J connectivity index is 1.78. The van der Waals surface area contributed by atoms with Crippen molar-refractivity contribution in [3.05, 3.63) is 0 Å². The first-order valence-corrected chi connectivity index (χ1v) is 9.09. The van der Waals surface area contributed by atoms with Gasteiger partial charge in [-0.2, -0.15) is 0 Å². The van der Waals surface area contributed by atoms with Gasteiger partial charge in [0.05, 0.1) is 0 Å². The zero-order valence-corrected chi connectivity index (χ0v) is 14.9. The van der Waals surface area contributed by atoms with Crippen molar-refractivity contribution in [2.24, 2.45) is 5.92 Å². The van der Waals surface area contributed by atoms with Crippen molar-refractivity contribution >= 4 is 6.09 Å². The van der Waals surface area contributed by atoms with Crippen LogP contribution >= 0.6 is 0 Å². The lowest BCUT2D eigenvalue weighted by atomic mass is 9.97. The van der Waals surface area contributed by atoms with Crippen LogP contribution in [0.5, 0.6) is 0 Å². The summed E-state index contributed by atoms with van der Waals surface area (Å²) >= 11 is 0. The van der Waals surface area contributed by atoms with Crippen LogP contribution in [0.2, 0.25) is 0 Å². The number of ether oxygens (including phenoxy) is 1. The maximum atomic E-state index is 12.2. The van der Waals surface area contributed by atoms with Gasteiger partial charge in [0, 0.05) is 25.2 Å². The van der Waals surface area contributed by atoms with Crippen molar-refractivity contribution in [2.75, 3.05) is 13.1 Å². The quantitative estimate of drug-likeness (QED) is 0.858. The molecule has 0 aromatic rings. The number of rotatable bonds is 3. The van der Waals surface area contributed by atoms with Crippen molar-refractivity contribution in [1.82, 2.24) is 10.2 Å². The van der Waals surface area contributed by atoms with Crippen LogP contribution in [0.3, 0.4) is 0 Å². The Kier molecular flexibility index (Phi) is 6.13. The zero-order valence-electron chi connectivity index (χ0n) is 14.9.